The van der Waals surface area contributed by atoms with Crippen LogP contribution in [0.1, 0.15) is 237 Å². The highest BCUT2D eigenvalue weighted by Gasteiger charge is 2.46. The van der Waals surface area contributed by atoms with Crippen molar-refractivity contribution in [1.82, 2.24) is 9.55 Å². The average Bonchev–Trinajstić information content (AvgIpc) is 0.762. The van der Waals surface area contributed by atoms with Gasteiger partial charge in [0, 0.05) is 78.2 Å². The van der Waals surface area contributed by atoms with E-state index in [-0.39, 0.29) is 55.4 Å². The summed E-state index contributed by atoms with van der Waals surface area (Å²) in [7, 11) is 0. The van der Waals surface area contributed by atoms with Gasteiger partial charge < -0.3 is 14.4 Å². The minimum atomic E-state index is -0.307. The minimum Gasteiger partial charge on any atom is -0.311 e. The Kier molecular flexibility index (Phi) is 17.5. The number of nitrogens with zero attached hydrogens (tertiary/aromatic N) is 4. The molecule has 0 amide bonds. The van der Waals surface area contributed by atoms with Crippen LogP contribution in [-0.4, -0.2) is 16.3 Å². The standard InChI is InChI=1S/C101H115BN4/c1-93(2,3)68-39-44-83-79(55-68)80-56-69(94(4,5)6)40-45-84(80)104(83)75-41-43-82-86(61-75)105(76-49-66(62-34-30-28-31-35-62)48-72(54-76)97(13,14)15)87-59-74(99(19,20)21)60-88-91(87)102(82)81-42-38-64(65-46-70(95(7,8)9)53-71(47-65)96(10,11)12)50-85(81)106(88)92-77(63-36-32-29-33-37-63)57-73(98(16,17)18)58-78(92)67-51-89(100(22,23)24)103-90(52-67)101(25,26)27/h28-61H,1-27H3. The molecule has 0 saturated heterocycles. The lowest BCUT2D eigenvalue weighted by Gasteiger charge is -2.46. The van der Waals surface area contributed by atoms with Crippen molar-refractivity contribution < 1.29 is 0 Å². The molecule has 2 aromatic heterocycles. The first-order valence-corrected chi connectivity index (χ1v) is 39.0. The van der Waals surface area contributed by atoms with Crippen LogP contribution in [-0.2, 0) is 48.7 Å². The first-order chi connectivity index (χ1) is 49.2. The highest BCUT2D eigenvalue weighted by atomic mass is 15.2. The van der Waals surface area contributed by atoms with Gasteiger partial charge in [0.15, 0.2) is 0 Å². The molecule has 106 heavy (non-hydrogen) atoms. The van der Waals surface area contributed by atoms with Crippen LogP contribution in [0.2, 0.25) is 0 Å². The molecule has 0 saturated carbocycles. The van der Waals surface area contributed by atoms with Crippen LogP contribution >= 0.6 is 0 Å². The van der Waals surface area contributed by atoms with Crippen LogP contribution in [0.5, 0.6) is 0 Å². The molecule has 2 aliphatic heterocycles. The van der Waals surface area contributed by atoms with Gasteiger partial charge in [-0.1, -0.05) is 302 Å². The number of hydrogen-bond donors (Lipinski definition) is 0. The molecule has 0 radical (unpaired) electrons. The second-order valence-corrected chi connectivity index (χ2v) is 40.4. The number of benzene rings is 10. The van der Waals surface area contributed by atoms with Crippen molar-refractivity contribution in [2.24, 2.45) is 0 Å². The number of aromatic nitrogens is 2. The molecule has 4 heterocycles. The van der Waals surface area contributed by atoms with E-state index < -0.39 is 0 Å². The third-order valence-corrected chi connectivity index (χ3v) is 22.8. The van der Waals surface area contributed by atoms with Crippen molar-refractivity contribution in [2.45, 2.75) is 236 Å². The fourth-order valence-corrected chi connectivity index (χ4v) is 15.9. The van der Waals surface area contributed by atoms with Crippen LogP contribution in [0.4, 0.5) is 34.1 Å². The number of rotatable bonds is 7. The summed E-state index contributed by atoms with van der Waals surface area (Å²) in [5, 5.41) is 2.55. The predicted octanol–water partition coefficient (Wildman–Crippen LogP) is 26.6. The van der Waals surface area contributed by atoms with Crippen molar-refractivity contribution in [3.05, 3.63) is 257 Å². The van der Waals surface area contributed by atoms with E-state index in [1.807, 2.05) is 0 Å². The monoisotopic (exact) mass is 1390 g/mol. The molecule has 2 aliphatic rings. The summed E-state index contributed by atoms with van der Waals surface area (Å²) in [4.78, 5) is 11.1. The lowest BCUT2D eigenvalue weighted by Crippen LogP contribution is -2.61. The molecule has 0 unspecified atom stereocenters. The van der Waals surface area contributed by atoms with Crippen LogP contribution in [0.3, 0.4) is 0 Å². The van der Waals surface area contributed by atoms with Crippen molar-refractivity contribution in [3.8, 4) is 50.2 Å². The maximum absolute atomic E-state index is 5.60. The van der Waals surface area contributed by atoms with E-state index in [2.05, 4.69) is 408 Å². The Bertz CT molecular complexity index is 5320. The Hall–Kier alpha value is -9.19. The Morgan fingerprint density at radius 2 is 0.660 bits per heavy atom. The quantitative estimate of drug-likeness (QED) is 0.149. The van der Waals surface area contributed by atoms with E-state index in [0.717, 1.165) is 34.0 Å². The molecular weight excluding hydrogens is 1280 g/mol. The van der Waals surface area contributed by atoms with E-state index >= 15 is 0 Å². The SMILES string of the molecule is CC(C)(C)c1cc(-c2ccccc2)cc(N2c3cc(-n4c5ccc(C(C)(C)C)cc5c5cc(C(C)(C)C)ccc54)ccc3B3c4ccc(-c5cc(C(C)(C)C)cc(C(C)(C)C)c5)cc4N(c4c(-c5ccccc5)cc(C(C)(C)C)cc4-c4cc(C(C)(C)C)nc(C(C)(C)C)c4)c4cc(C(C)(C)C)cc2c43)c1. The van der Waals surface area contributed by atoms with Gasteiger partial charge in [-0.2, -0.15) is 0 Å². The normalized spacial score (nSPS) is 13.9. The lowest BCUT2D eigenvalue weighted by molar-refractivity contribution is 0.531. The minimum absolute atomic E-state index is 0.0431. The first-order valence-electron chi connectivity index (χ1n) is 39.0. The zero-order chi connectivity index (χ0) is 76.5. The molecule has 0 N–H and O–H groups in total. The molecule has 14 rings (SSSR count). The van der Waals surface area contributed by atoms with E-state index in [1.165, 1.54) is 139 Å². The number of pyridine rings is 1. The fraction of sp³-hybridized carbons (Fsp3) is 0.356. The van der Waals surface area contributed by atoms with E-state index in [1.54, 1.807) is 0 Å². The van der Waals surface area contributed by atoms with Gasteiger partial charge in [-0.25, -0.2) is 0 Å². The van der Waals surface area contributed by atoms with Gasteiger partial charge in [-0.15, -0.1) is 0 Å². The van der Waals surface area contributed by atoms with Gasteiger partial charge in [0.1, 0.15) is 0 Å². The third kappa shape index (κ3) is 13.5. The van der Waals surface area contributed by atoms with Crippen LogP contribution in [0.15, 0.2) is 206 Å². The van der Waals surface area contributed by atoms with E-state index in [9.17, 15) is 0 Å². The summed E-state index contributed by atoms with van der Waals surface area (Å²) >= 11 is 0. The van der Waals surface area contributed by atoms with Gasteiger partial charge >= 0.3 is 0 Å². The topological polar surface area (TPSA) is 24.3 Å². The summed E-state index contributed by atoms with van der Waals surface area (Å²) in [6.07, 6.45) is 0. The molecule has 10 aromatic carbocycles. The molecule has 12 aromatic rings. The molecule has 0 aliphatic carbocycles. The van der Waals surface area contributed by atoms with Crippen LogP contribution < -0.4 is 26.2 Å². The van der Waals surface area contributed by atoms with Gasteiger partial charge in [-0.3, -0.25) is 4.98 Å². The summed E-state index contributed by atoms with van der Waals surface area (Å²) in [5.74, 6) is 0. The van der Waals surface area contributed by atoms with Crippen molar-refractivity contribution in [2.75, 3.05) is 9.80 Å². The Labute approximate surface area is 636 Å². The summed E-state index contributed by atoms with van der Waals surface area (Å²) in [6.45, 7) is 63.4. The Morgan fingerprint density at radius 3 is 1.13 bits per heavy atom. The summed E-state index contributed by atoms with van der Waals surface area (Å²) < 4.78 is 2.57. The largest absolute Gasteiger partial charge is 0.311 e. The van der Waals surface area contributed by atoms with E-state index in [0.29, 0.717) is 0 Å². The zero-order valence-corrected chi connectivity index (χ0v) is 69.0. The summed E-state index contributed by atoms with van der Waals surface area (Å²) in [6, 6.07) is 82.0. The maximum atomic E-state index is 5.60. The number of fused-ring (bicyclic) bond motifs is 7. The highest BCUT2D eigenvalue weighted by molar-refractivity contribution is 7.00. The van der Waals surface area contributed by atoms with Gasteiger partial charge in [-0.05, 0) is 218 Å². The summed E-state index contributed by atoms with van der Waals surface area (Å²) in [5.41, 5.74) is 33.6. The Balaban J connectivity index is 1.19. The smallest absolute Gasteiger partial charge is 0.252 e. The number of hydrogen-bond acceptors (Lipinski definition) is 3. The molecule has 0 atom stereocenters. The number of anilines is 6. The Morgan fingerprint density at radius 1 is 0.255 bits per heavy atom. The van der Waals surface area contributed by atoms with E-state index in [4.69, 9.17) is 4.98 Å². The third-order valence-electron chi connectivity index (χ3n) is 22.8. The molecule has 542 valence electrons. The van der Waals surface area contributed by atoms with Gasteiger partial charge in [0.05, 0.1) is 16.7 Å². The first kappa shape index (κ1) is 73.7. The molecule has 0 fully saturated rings. The van der Waals surface area contributed by atoms with Crippen LogP contribution in [0, 0.1) is 0 Å². The molecular formula is C101H115BN4. The zero-order valence-electron chi connectivity index (χ0n) is 69.0. The second kappa shape index (κ2) is 25.2. The van der Waals surface area contributed by atoms with Crippen molar-refractivity contribution in [3.63, 3.8) is 0 Å². The molecule has 0 spiro atoms. The molecule has 0 bridgehead atoms. The highest BCUT2D eigenvalue weighted by Crippen LogP contribution is 2.55. The lowest BCUT2D eigenvalue weighted by atomic mass is 9.33. The van der Waals surface area contributed by atoms with Crippen LogP contribution in [0.25, 0.3) is 72.0 Å². The van der Waals surface area contributed by atoms with Crippen molar-refractivity contribution >= 4 is 79.0 Å². The van der Waals surface area contributed by atoms with Gasteiger partial charge in [0.2, 0.25) is 0 Å². The predicted molar refractivity (Wildman–Crippen MR) is 463 cm³/mol. The second-order valence-electron chi connectivity index (χ2n) is 40.4. The molecule has 4 nitrogen and oxygen atoms in total. The maximum Gasteiger partial charge on any atom is 0.252 e. The van der Waals surface area contributed by atoms with Crippen molar-refractivity contribution in [1.29, 1.82) is 0 Å². The molecule has 5 heteroatoms. The van der Waals surface area contributed by atoms with Gasteiger partial charge in [0.25, 0.3) is 6.71 Å². The average molecular weight is 1400 g/mol. The fourth-order valence-electron chi connectivity index (χ4n) is 15.9.